The largest absolute Gasteiger partial charge is 0.377 e. The van der Waals surface area contributed by atoms with Crippen LogP contribution in [0.1, 0.15) is 26.7 Å². The van der Waals surface area contributed by atoms with Crippen molar-refractivity contribution in [1.82, 2.24) is 10.2 Å². The Balaban J connectivity index is 2.04. The van der Waals surface area contributed by atoms with Crippen molar-refractivity contribution in [3.05, 3.63) is 0 Å². The van der Waals surface area contributed by atoms with Gasteiger partial charge in [-0.05, 0) is 32.9 Å². The monoisotopic (exact) mass is 226 g/mol. The molecule has 2 fully saturated rings. The molecule has 92 valence electrons. The molecule has 1 N–H and O–H groups in total. The normalized spacial score (nSPS) is 30.1. The summed E-state index contributed by atoms with van der Waals surface area (Å²) in [5.74, 6) is 0.324. The molecule has 1 unspecified atom stereocenters. The summed E-state index contributed by atoms with van der Waals surface area (Å²) in [6, 6.07) is 0.230. The van der Waals surface area contributed by atoms with Gasteiger partial charge in [0.1, 0.15) is 0 Å². The number of nitrogens with one attached hydrogen (secondary N) is 1. The molecule has 2 aliphatic rings. The lowest BCUT2D eigenvalue weighted by molar-refractivity contribution is -0.150. The van der Waals surface area contributed by atoms with E-state index in [1.165, 1.54) is 0 Å². The molecule has 2 heterocycles. The van der Waals surface area contributed by atoms with Gasteiger partial charge in [0.05, 0.1) is 19.3 Å². The van der Waals surface area contributed by atoms with Crippen LogP contribution in [0.15, 0.2) is 0 Å². The molecule has 0 aromatic carbocycles. The van der Waals surface area contributed by atoms with E-state index in [2.05, 4.69) is 19.2 Å². The molecule has 0 aromatic heterocycles. The summed E-state index contributed by atoms with van der Waals surface area (Å²) in [4.78, 5) is 14.5. The van der Waals surface area contributed by atoms with Crippen molar-refractivity contribution in [3.8, 4) is 0 Å². The van der Waals surface area contributed by atoms with Crippen LogP contribution in [0.2, 0.25) is 0 Å². The number of rotatable bonds is 1. The maximum Gasteiger partial charge on any atom is 0.229 e. The average Bonchev–Trinajstić information content (AvgIpc) is 2.30. The van der Waals surface area contributed by atoms with Crippen LogP contribution in [0.25, 0.3) is 0 Å². The second-order valence-electron chi connectivity index (χ2n) is 5.23. The number of ether oxygens (including phenoxy) is 1. The van der Waals surface area contributed by atoms with E-state index in [-0.39, 0.29) is 11.5 Å². The van der Waals surface area contributed by atoms with E-state index in [1.54, 1.807) is 0 Å². The number of carbonyl (C=O) groups excluding carboxylic acids is 1. The lowest BCUT2D eigenvalue weighted by Gasteiger charge is -2.41. The smallest absolute Gasteiger partial charge is 0.229 e. The Morgan fingerprint density at radius 1 is 1.44 bits per heavy atom. The Kier molecular flexibility index (Phi) is 3.50. The van der Waals surface area contributed by atoms with Gasteiger partial charge in [-0.1, -0.05) is 6.92 Å². The van der Waals surface area contributed by atoms with E-state index < -0.39 is 0 Å². The number of piperidine rings is 1. The molecule has 0 aromatic rings. The highest BCUT2D eigenvalue weighted by atomic mass is 16.5. The van der Waals surface area contributed by atoms with Crippen LogP contribution >= 0.6 is 0 Å². The number of nitrogens with zero attached hydrogens (tertiary/aromatic N) is 1. The Morgan fingerprint density at radius 2 is 2.12 bits per heavy atom. The summed E-state index contributed by atoms with van der Waals surface area (Å²) >= 11 is 0. The molecule has 0 aliphatic carbocycles. The van der Waals surface area contributed by atoms with Gasteiger partial charge in [-0.2, -0.15) is 0 Å². The number of hydrogen-bond donors (Lipinski definition) is 1. The first-order chi connectivity index (χ1) is 7.63. The van der Waals surface area contributed by atoms with Crippen molar-refractivity contribution < 1.29 is 9.53 Å². The van der Waals surface area contributed by atoms with E-state index in [1.807, 2.05) is 4.90 Å². The van der Waals surface area contributed by atoms with Gasteiger partial charge >= 0.3 is 0 Å². The standard InChI is InChI=1S/C12H22N2O2/c1-10-9-16-8-7-14(10)11(15)12(2)3-5-13-6-4-12/h10,13H,3-9H2,1-2H3. The van der Waals surface area contributed by atoms with Crippen molar-refractivity contribution in [2.75, 3.05) is 32.8 Å². The lowest BCUT2D eigenvalue weighted by atomic mass is 9.79. The van der Waals surface area contributed by atoms with Crippen molar-refractivity contribution in [2.24, 2.45) is 5.41 Å². The fourth-order valence-electron chi connectivity index (χ4n) is 2.57. The van der Waals surface area contributed by atoms with Crippen molar-refractivity contribution in [3.63, 3.8) is 0 Å². The Labute approximate surface area is 97.3 Å². The molecule has 1 atom stereocenters. The van der Waals surface area contributed by atoms with Gasteiger partial charge in [-0.25, -0.2) is 0 Å². The van der Waals surface area contributed by atoms with Crippen molar-refractivity contribution in [1.29, 1.82) is 0 Å². The molecule has 0 saturated carbocycles. The van der Waals surface area contributed by atoms with Crippen molar-refractivity contribution in [2.45, 2.75) is 32.7 Å². The molecule has 2 rings (SSSR count). The summed E-state index contributed by atoms with van der Waals surface area (Å²) in [5.41, 5.74) is -0.156. The number of carbonyl (C=O) groups is 1. The summed E-state index contributed by atoms with van der Waals surface area (Å²) in [6.07, 6.45) is 1.91. The second-order valence-corrected chi connectivity index (χ2v) is 5.23. The van der Waals surface area contributed by atoms with E-state index in [9.17, 15) is 4.79 Å². The predicted octanol–water partition coefficient (Wildman–Crippen LogP) is 0.623. The summed E-state index contributed by atoms with van der Waals surface area (Å²) in [7, 11) is 0. The zero-order valence-corrected chi connectivity index (χ0v) is 10.3. The van der Waals surface area contributed by atoms with E-state index >= 15 is 0 Å². The fourth-order valence-corrected chi connectivity index (χ4v) is 2.57. The second kappa shape index (κ2) is 4.72. The van der Waals surface area contributed by atoms with Crippen LogP contribution in [-0.4, -0.2) is 49.7 Å². The van der Waals surface area contributed by atoms with Gasteiger partial charge in [0.2, 0.25) is 5.91 Å². The maximum absolute atomic E-state index is 12.5. The minimum atomic E-state index is -0.156. The minimum absolute atomic E-state index is 0.156. The van der Waals surface area contributed by atoms with E-state index in [0.29, 0.717) is 19.1 Å². The zero-order chi connectivity index (χ0) is 11.6. The van der Waals surface area contributed by atoms with Gasteiger partial charge in [0, 0.05) is 12.0 Å². The lowest BCUT2D eigenvalue weighted by Crippen LogP contribution is -2.54. The SMILES string of the molecule is CC1COCCN1C(=O)C1(C)CCNCC1. The molecule has 2 saturated heterocycles. The third-order valence-corrected chi connectivity index (χ3v) is 3.85. The summed E-state index contributed by atoms with van der Waals surface area (Å²) in [6.45, 7) is 8.22. The molecule has 0 bridgehead atoms. The first-order valence-electron chi connectivity index (χ1n) is 6.23. The third-order valence-electron chi connectivity index (χ3n) is 3.85. The first-order valence-corrected chi connectivity index (χ1v) is 6.23. The summed E-state index contributed by atoms with van der Waals surface area (Å²) < 4.78 is 5.38. The third kappa shape index (κ3) is 2.23. The molecular weight excluding hydrogens is 204 g/mol. The molecule has 4 nitrogen and oxygen atoms in total. The van der Waals surface area contributed by atoms with E-state index in [0.717, 1.165) is 32.5 Å². The van der Waals surface area contributed by atoms with Gasteiger partial charge in [0.15, 0.2) is 0 Å². The molecule has 0 spiro atoms. The van der Waals surface area contributed by atoms with Crippen molar-refractivity contribution >= 4 is 5.91 Å². The first kappa shape index (κ1) is 11.9. The zero-order valence-electron chi connectivity index (χ0n) is 10.3. The Morgan fingerprint density at radius 3 is 2.75 bits per heavy atom. The van der Waals surface area contributed by atoms with Gasteiger partial charge in [-0.3, -0.25) is 4.79 Å². The van der Waals surface area contributed by atoms with Crippen LogP contribution in [-0.2, 0) is 9.53 Å². The Bertz CT molecular complexity index is 262. The molecule has 2 aliphatic heterocycles. The van der Waals surface area contributed by atoms with Crippen LogP contribution in [0.4, 0.5) is 0 Å². The highest BCUT2D eigenvalue weighted by molar-refractivity contribution is 5.82. The van der Waals surface area contributed by atoms with E-state index in [4.69, 9.17) is 4.74 Å². The van der Waals surface area contributed by atoms with Gasteiger partial charge in [0.25, 0.3) is 0 Å². The number of amides is 1. The average molecular weight is 226 g/mol. The summed E-state index contributed by atoms with van der Waals surface area (Å²) in [5, 5.41) is 3.31. The van der Waals surface area contributed by atoms with Crippen LogP contribution < -0.4 is 5.32 Å². The molecule has 0 radical (unpaired) electrons. The number of hydrogen-bond acceptors (Lipinski definition) is 3. The van der Waals surface area contributed by atoms with Gasteiger partial charge in [-0.15, -0.1) is 0 Å². The molecule has 1 amide bonds. The van der Waals surface area contributed by atoms with Crippen LogP contribution in [0.5, 0.6) is 0 Å². The Hall–Kier alpha value is -0.610. The maximum atomic E-state index is 12.5. The van der Waals surface area contributed by atoms with Crippen LogP contribution in [0, 0.1) is 5.41 Å². The predicted molar refractivity (Wildman–Crippen MR) is 62.2 cm³/mol. The topological polar surface area (TPSA) is 41.6 Å². The molecule has 16 heavy (non-hydrogen) atoms. The quantitative estimate of drug-likeness (QED) is 0.713. The highest BCUT2D eigenvalue weighted by Gasteiger charge is 2.39. The molecular formula is C12H22N2O2. The minimum Gasteiger partial charge on any atom is -0.377 e. The highest BCUT2D eigenvalue weighted by Crippen LogP contribution is 2.31. The van der Waals surface area contributed by atoms with Gasteiger partial charge < -0.3 is 15.0 Å². The molecule has 4 heteroatoms. The number of morpholine rings is 1. The fraction of sp³-hybridized carbons (Fsp3) is 0.917. The van der Waals surface area contributed by atoms with Crippen LogP contribution in [0.3, 0.4) is 0 Å².